The molecule has 1 aliphatic heterocycles. The van der Waals surface area contributed by atoms with Gasteiger partial charge in [-0.15, -0.1) is 11.3 Å². The Morgan fingerprint density at radius 1 is 1.31 bits per heavy atom. The van der Waals surface area contributed by atoms with Crippen LogP contribution < -0.4 is 11.1 Å². The van der Waals surface area contributed by atoms with Crippen molar-refractivity contribution < 1.29 is 4.79 Å². The van der Waals surface area contributed by atoms with Crippen molar-refractivity contribution in [1.29, 1.82) is 0 Å². The third kappa shape index (κ3) is 4.27. The molecule has 1 amide bonds. The van der Waals surface area contributed by atoms with Crippen LogP contribution in [0.3, 0.4) is 0 Å². The van der Waals surface area contributed by atoms with Gasteiger partial charge in [0, 0.05) is 41.3 Å². The molecular formula is C21H29N3OS. The lowest BCUT2D eigenvalue weighted by Gasteiger charge is -2.40. The van der Waals surface area contributed by atoms with Crippen LogP contribution in [0.5, 0.6) is 0 Å². The first-order valence-electron chi connectivity index (χ1n) is 9.56. The van der Waals surface area contributed by atoms with Crippen LogP contribution in [0.4, 0.5) is 5.69 Å². The van der Waals surface area contributed by atoms with Crippen LogP contribution in [0, 0.1) is 0 Å². The first kappa shape index (κ1) is 18.9. The average Bonchev–Trinajstić information content (AvgIpc) is 3.09. The number of thiophene rings is 1. The molecule has 2 aromatic rings. The first-order valence-corrected chi connectivity index (χ1v) is 10.4. The van der Waals surface area contributed by atoms with Gasteiger partial charge >= 0.3 is 0 Å². The Balaban J connectivity index is 1.61. The molecule has 0 spiro atoms. The summed E-state index contributed by atoms with van der Waals surface area (Å²) >= 11 is 1.89. The van der Waals surface area contributed by atoms with Gasteiger partial charge in [0.15, 0.2) is 0 Å². The lowest BCUT2D eigenvalue weighted by molar-refractivity contribution is 0.0917. The van der Waals surface area contributed by atoms with E-state index in [2.05, 4.69) is 35.5 Å². The minimum absolute atomic E-state index is 0.0309. The van der Waals surface area contributed by atoms with E-state index in [0.29, 0.717) is 29.9 Å². The highest BCUT2D eigenvalue weighted by Crippen LogP contribution is 2.39. The lowest BCUT2D eigenvalue weighted by Crippen LogP contribution is -2.45. The van der Waals surface area contributed by atoms with Crippen molar-refractivity contribution in [3.63, 3.8) is 0 Å². The number of hydrogen-bond acceptors (Lipinski definition) is 4. The normalized spacial score (nSPS) is 19.9. The zero-order chi connectivity index (χ0) is 18.5. The Morgan fingerprint density at radius 2 is 2.08 bits per heavy atom. The summed E-state index contributed by atoms with van der Waals surface area (Å²) in [5.74, 6) is -0.0309. The molecule has 2 atom stereocenters. The van der Waals surface area contributed by atoms with Crippen LogP contribution in [-0.4, -0.2) is 29.9 Å². The van der Waals surface area contributed by atoms with Gasteiger partial charge in [-0.25, -0.2) is 0 Å². The number of benzene rings is 1. The number of nitrogens with one attached hydrogen (secondary N) is 1. The van der Waals surface area contributed by atoms with Crippen molar-refractivity contribution in [2.24, 2.45) is 0 Å². The summed E-state index contributed by atoms with van der Waals surface area (Å²) in [6.45, 7) is 6.10. The maximum absolute atomic E-state index is 12.3. The Hall–Kier alpha value is -1.85. The number of carbonyl (C=O) groups excluding carboxylic acids is 1. The minimum Gasteiger partial charge on any atom is -0.399 e. The molecule has 0 fully saturated rings. The smallest absolute Gasteiger partial charge is 0.251 e. The molecule has 1 aliphatic rings. The van der Waals surface area contributed by atoms with Gasteiger partial charge in [0.25, 0.3) is 5.91 Å². The highest BCUT2D eigenvalue weighted by Gasteiger charge is 2.32. The molecule has 0 bridgehead atoms. The summed E-state index contributed by atoms with van der Waals surface area (Å²) in [6.07, 6.45) is 4.75. The molecule has 26 heavy (non-hydrogen) atoms. The molecule has 3 rings (SSSR count). The molecule has 3 N–H and O–H groups in total. The van der Waals surface area contributed by atoms with Crippen LogP contribution in [0.2, 0.25) is 0 Å². The van der Waals surface area contributed by atoms with Crippen LogP contribution >= 0.6 is 11.3 Å². The van der Waals surface area contributed by atoms with E-state index in [1.807, 2.05) is 11.3 Å². The van der Waals surface area contributed by atoms with Gasteiger partial charge in [-0.1, -0.05) is 19.8 Å². The standard InChI is InChI=1S/C21H29N3OS/c1-3-4-5-19-20-17(10-13-26-20)14-15(2)24(19)12-11-23-21(25)16-6-8-18(22)9-7-16/h6-10,13,15,19H,3-5,11-12,14,22H2,1-2H3,(H,23,25). The molecule has 0 saturated carbocycles. The topological polar surface area (TPSA) is 58.4 Å². The molecule has 2 unspecified atom stereocenters. The van der Waals surface area contributed by atoms with Crippen molar-refractivity contribution in [2.75, 3.05) is 18.8 Å². The Bertz CT molecular complexity index is 725. The molecule has 0 saturated heterocycles. The molecule has 0 aliphatic carbocycles. The molecule has 1 aromatic carbocycles. The molecule has 0 radical (unpaired) electrons. The second kappa shape index (κ2) is 8.69. The second-order valence-electron chi connectivity index (χ2n) is 7.14. The summed E-state index contributed by atoms with van der Waals surface area (Å²) in [5.41, 5.74) is 8.54. The molecule has 2 heterocycles. The predicted octanol–water partition coefficient (Wildman–Crippen LogP) is 4.24. The summed E-state index contributed by atoms with van der Waals surface area (Å²) in [7, 11) is 0. The largest absolute Gasteiger partial charge is 0.399 e. The highest BCUT2D eigenvalue weighted by molar-refractivity contribution is 7.10. The number of amides is 1. The lowest BCUT2D eigenvalue weighted by atomic mass is 9.93. The molecule has 4 nitrogen and oxygen atoms in total. The Morgan fingerprint density at radius 3 is 2.81 bits per heavy atom. The van der Waals surface area contributed by atoms with Gasteiger partial charge in [-0.3, -0.25) is 9.69 Å². The van der Waals surface area contributed by atoms with E-state index in [1.165, 1.54) is 29.7 Å². The minimum atomic E-state index is -0.0309. The number of carbonyl (C=O) groups is 1. The number of anilines is 1. The van der Waals surface area contributed by atoms with Gasteiger partial charge in [-0.05, 0) is 61.0 Å². The van der Waals surface area contributed by atoms with Crippen LogP contribution in [0.15, 0.2) is 35.7 Å². The van der Waals surface area contributed by atoms with Crippen molar-refractivity contribution in [1.82, 2.24) is 10.2 Å². The zero-order valence-electron chi connectivity index (χ0n) is 15.7. The van der Waals surface area contributed by atoms with Gasteiger partial charge < -0.3 is 11.1 Å². The fourth-order valence-electron chi connectivity index (χ4n) is 3.81. The average molecular weight is 372 g/mol. The number of fused-ring (bicyclic) bond motifs is 1. The zero-order valence-corrected chi connectivity index (χ0v) is 16.5. The van der Waals surface area contributed by atoms with Gasteiger partial charge in [-0.2, -0.15) is 0 Å². The summed E-state index contributed by atoms with van der Waals surface area (Å²) < 4.78 is 0. The first-order chi connectivity index (χ1) is 12.6. The number of rotatable bonds is 7. The van der Waals surface area contributed by atoms with E-state index in [1.54, 1.807) is 24.3 Å². The van der Waals surface area contributed by atoms with Crippen LogP contribution in [-0.2, 0) is 6.42 Å². The van der Waals surface area contributed by atoms with E-state index < -0.39 is 0 Å². The number of nitrogens with two attached hydrogens (primary N) is 1. The molecule has 5 heteroatoms. The highest BCUT2D eigenvalue weighted by atomic mass is 32.1. The maximum Gasteiger partial charge on any atom is 0.251 e. The molecule has 140 valence electrons. The Kier molecular flexibility index (Phi) is 6.33. The number of nitrogens with zero attached hydrogens (tertiary/aromatic N) is 1. The van der Waals surface area contributed by atoms with Crippen molar-refractivity contribution in [2.45, 2.75) is 51.6 Å². The van der Waals surface area contributed by atoms with Gasteiger partial charge in [0.05, 0.1) is 0 Å². The SMILES string of the molecule is CCCCC1c2sccc2CC(C)N1CCNC(=O)c1ccc(N)cc1. The predicted molar refractivity (Wildman–Crippen MR) is 110 cm³/mol. The summed E-state index contributed by atoms with van der Waals surface area (Å²) in [6, 6.07) is 10.4. The van der Waals surface area contributed by atoms with Crippen LogP contribution in [0.25, 0.3) is 0 Å². The number of unbranched alkanes of at least 4 members (excludes halogenated alkanes) is 1. The van der Waals surface area contributed by atoms with Crippen molar-refractivity contribution in [3.05, 3.63) is 51.7 Å². The molecule has 1 aromatic heterocycles. The van der Waals surface area contributed by atoms with E-state index in [4.69, 9.17) is 5.73 Å². The number of nitrogen functional groups attached to an aromatic ring is 1. The second-order valence-corrected chi connectivity index (χ2v) is 8.08. The van der Waals surface area contributed by atoms with Crippen molar-refractivity contribution in [3.8, 4) is 0 Å². The fraction of sp³-hybridized carbons (Fsp3) is 0.476. The summed E-state index contributed by atoms with van der Waals surface area (Å²) in [5, 5.41) is 5.29. The molecular weight excluding hydrogens is 342 g/mol. The van der Waals surface area contributed by atoms with Crippen LogP contribution in [0.1, 0.15) is 60.0 Å². The quantitative estimate of drug-likeness (QED) is 0.716. The van der Waals surface area contributed by atoms with Gasteiger partial charge in [0.2, 0.25) is 0 Å². The summed E-state index contributed by atoms with van der Waals surface area (Å²) in [4.78, 5) is 16.4. The van der Waals surface area contributed by atoms with Gasteiger partial charge in [0.1, 0.15) is 0 Å². The number of hydrogen-bond donors (Lipinski definition) is 2. The third-order valence-corrected chi connectivity index (χ3v) is 6.29. The Labute approximate surface area is 160 Å². The van der Waals surface area contributed by atoms with E-state index in [-0.39, 0.29) is 5.91 Å². The van der Waals surface area contributed by atoms with Crippen molar-refractivity contribution >= 4 is 22.9 Å². The third-order valence-electron chi connectivity index (χ3n) is 5.22. The van der Waals surface area contributed by atoms with E-state index >= 15 is 0 Å². The fourth-order valence-corrected chi connectivity index (χ4v) is 4.90. The maximum atomic E-state index is 12.3. The van der Waals surface area contributed by atoms with E-state index in [9.17, 15) is 4.79 Å². The monoisotopic (exact) mass is 371 g/mol. The van der Waals surface area contributed by atoms with E-state index in [0.717, 1.165) is 13.0 Å².